The molecule has 1 aliphatic heterocycles. The second-order valence-corrected chi connectivity index (χ2v) is 9.66. The molecule has 2 heterocycles. The molecule has 2 aromatic rings. The molecule has 1 aromatic carbocycles. The number of rotatable bonds is 7. The minimum atomic E-state index is -3.54. The average Bonchev–Trinajstić information content (AvgIpc) is 3.09. The van der Waals surface area contributed by atoms with Crippen molar-refractivity contribution < 1.29 is 22.7 Å². The van der Waals surface area contributed by atoms with Crippen LogP contribution >= 0.6 is 11.8 Å². The lowest BCUT2D eigenvalue weighted by Crippen LogP contribution is -2.40. The van der Waals surface area contributed by atoms with Gasteiger partial charge in [-0.05, 0) is 38.1 Å². The van der Waals surface area contributed by atoms with Crippen molar-refractivity contribution in [1.29, 1.82) is 0 Å². The monoisotopic (exact) mass is 440 g/mol. The number of carbonyl (C=O) groups excluding carboxylic acids is 1. The highest BCUT2D eigenvalue weighted by Crippen LogP contribution is 2.27. The second-order valence-electron chi connectivity index (χ2n) is 6.42. The van der Waals surface area contributed by atoms with E-state index in [9.17, 15) is 13.2 Å². The number of carbonyl (C=O) groups is 1. The van der Waals surface area contributed by atoms with Gasteiger partial charge in [-0.2, -0.15) is 4.31 Å². The van der Waals surface area contributed by atoms with Crippen molar-refractivity contribution in [3.63, 3.8) is 0 Å². The lowest BCUT2D eigenvalue weighted by Gasteiger charge is -2.26. The normalized spacial score (nSPS) is 16.5. The molecule has 0 bridgehead atoms. The van der Waals surface area contributed by atoms with Crippen molar-refractivity contribution in [2.24, 2.45) is 7.05 Å². The molecular formula is C18H24N4O5S2. The fourth-order valence-electron chi connectivity index (χ4n) is 2.85. The topological polar surface area (TPSA) is 104 Å². The zero-order valence-electron chi connectivity index (χ0n) is 16.6. The zero-order chi connectivity index (χ0) is 21.0. The third-order valence-corrected chi connectivity index (χ3v) is 7.48. The minimum absolute atomic E-state index is 0.232. The van der Waals surface area contributed by atoms with Crippen LogP contribution in [-0.4, -0.2) is 71.6 Å². The first-order valence-electron chi connectivity index (χ1n) is 9.25. The van der Waals surface area contributed by atoms with Crippen molar-refractivity contribution in [3.8, 4) is 11.4 Å². The molecule has 0 N–H and O–H groups in total. The van der Waals surface area contributed by atoms with Gasteiger partial charge in [0, 0.05) is 25.7 Å². The Morgan fingerprint density at radius 2 is 1.90 bits per heavy atom. The number of hydrogen-bond donors (Lipinski definition) is 0. The lowest BCUT2D eigenvalue weighted by atomic mass is 10.2. The predicted octanol–water partition coefficient (Wildman–Crippen LogP) is 1.55. The molecule has 9 nitrogen and oxygen atoms in total. The van der Waals surface area contributed by atoms with E-state index in [0.29, 0.717) is 43.9 Å². The first-order chi connectivity index (χ1) is 13.8. The van der Waals surface area contributed by atoms with Crippen LogP contribution in [0.2, 0.25) is 0 Å². The number of benzene rings is 1. The Balaban J connectivity index is 1.77. The van der Waals surface area contributed by atoms with E-state index in [0.717, 1.165) is 5.56 Å². The van der Waals surface area contributed by atoms with Gasteiger partial charge in [-0.15, -0.1) is 10.2 Å². The number of ether oxygens (including phenoxy) is 2. The Bertz CT molecular complexity index is 953. The van der Waals surface area contributed by atoms with Gasteiger partial charge in [0.1, 0.15) is 5.25 Å². The predicted molar refractivity (Wildman–Crippen MR) is 108 cm³/mol. The molecule has 3 rings (SSSR count). The van der Waals surface area contributed by atoms with E-state index in [1.165, 1.54) is 16.1 Å². The van der Waals surface area contributed by atoms with E-state index < -0.39 is 15.3 Å². The minimum Gasteiger partial charge on any atom is -0.465 e. The quantitative estimate of drug-likeness (QED) is 0.472. The summed E-state index contributed by atoms with van der Waals surface area (Å²) < 4.78 is 38.9. The standard InChI is InChI=1S/C18H24N4O5S2/c1-4-27-17(23)13(2)28-18-20-19-16(21(18)3)14-5-7-15(8-6-14)29(24,25)22-9-11-26-12-10-22/h5-8,13H,4,9-12H2,1-3H3/t13-/m1/s1. The number of thioether (sulfide) groups is 1. The van der Waals surface area contributed by atoms with Gasteiger partial charge in [-0.3, -0.25) is 4.79 Å². The summed E-state index contributed by atoms with van der Waals surface area (Å²) in [4.78, 5) is 12.1. The zero-order valence-corrected chi connectivity index (χ0v) is 18.2. The molecular weight excluding hydrogens is 416 g/mol. The van der Waals surface area contributed by atoms with Crippen molar-refractivity contribution >= 4 is 27.8 Å². The summed E-state index contributed by atoms with van der Waals surface area (Å²) in [5, 5.41) is 8.50. The van der Waals surface area contributed by atoms with Gasteiger partial charge < -0.3 is 14.0 Å². The van der Waals surface area contributed by atoms with Crippen LogP contribution in [0.25, 0.3) is 11.4 Å². The van der Waals surface area contributed by atoms with Gasteiger partial charge in [0.05, 0.1) is 24.7 Å². The Labute approximate surface area is 174 Å². The SMILES string of the molecule is CCOC(=O)[C@@H](C)Sc1nnc(-c2ccc(S(=O)(=O)N3CCOCC3)cc2)n1C. The number of sulfonamides is 1. The Morgan fingerprint density at radius 3 is 2.52 bits per heavy atom. The average molecular weight is 441 g/mol. The van der Waals surface area contributed by atoms with Crippen molar-refractivity contribution in [2.75, 3.05) is 32.9 Å². The maximum absolute atomic E-state index is 12.7. The summed E-state index contributed by atoms with van der Waals surface area (Å²) in [6, 6.07) is 6.56. The molecule has 11 heteroatoms. The van der Waals surface area contributed by atoms with Crippen LogP contribution in [0.4, 0.5) is 0 Å². The van der Waals surface area contributed by atoms with Crippen LogP contribution in [0.5, 0.6) is 0 Å². The van der Waals surface area contributed by atoms with Crippen LogP contribution in [0, 0.1) is 0 Å². The Morgan fingerprint density at radius 1 is 1.24 bits per heavy atom. The number of morpholine rings is 1. The van der Waals surface area contributed by atoms with E-state index in [-0.39, 0.29) is 10.9 Å². The lowest BCUT2D eigenvalue weighted by molar-refractivity contribution is -0.142. The smallest absolute Gasteiger partial charge is 0.319 e. The highest BCUT2D eigenvalue weighted by atomic mass is 32.2. The van der Waals surface area contributed by atoms with Gasteiger partial charge in [-0.1, -0.05) is 11.8 Å². The third-order valence-electron chi connectivity index (χ3n) is 4.46. The fourth-order valence-corrected chi connectivity index (χ4v) is 5.07. The largest absolute Gasteiger partial charge is 0.465 e. The van der Waals surface area contributed by atoms with Gasteiger partial charge in [-0.25, -0.2) is 8.42 Å². The molecule has 0 unspecified atom stereocenters. The molecule has 1 saturated heterocycles. The maximum Gasteiger partial charge on any atom is 0.319 e. The van der Waals surface area contributed by atoms with E-state index in [1.807, 2.05) is 0 Å². The molecule has 1 aromatic heterocycles. The Kier molecular flexibility index (Phi) is 6.93. The summed E-state index contributed by atoms with van der Waals surface area (Å²) in [5.41, 5.74) is 0.733. The van der Waals surface area contributed by atoms with Gasteiger partial charge in [0.25, 0.3) is 0 Å². The highest BCUT2D eigenvalue weighted by Gasteiger charge is 2.26. The van der Waals surface area contributed by atoms with E-state index in [1.54, 1.807) is 49.7 Å². The number of esters is 1. The third kappa shape index (κ3) is 4.80. The van der Waals surface area contributed by atoms with Crippen LogP contribution < -0.4 is 0 Å². The van der Waals surface area contributed by atoms with E-state index in [4.69, 9.17) is 9.47 Å². The number of hydrogen-bond acceptors (Lipinski definition) is 8. The van der Waals surface area contributed by atoms with E-state index in [2.05, 4.69) is 10.2 Å². The highest BCUT2D eigenvalue weighted by molar-refractivity contribution is 8.00. The maximum atomic E-state index is 12.7. The molecule has 0 aliphatic carbocycles. The van der Waals surface area contributed by atoms with Crippen molar-refractivity contribution in [1.82, 2.24) is 19.1 Å². The molecule has 0 saturated carbocycles. The first-order valence-corrected chi connectivity index (χ1v) is 11.6. The van der Waals surface area contributed by atoms with Crippen molar-refractivity contribution in [2.45, 2.75) is 29.1 Å². The summed E-state index contributed by atoms with van der Waals surface area (Å²) in [7, 11) is -1.74. The second kappa shape index (κ2) is 9.24. The number of aromatic nitrogens is 3. The van der Waals surface area contributed by atoms with Crippen LogP contribution in [-0.2, 0) is 31.3 Å². The number of nitrogens with zero attached hydrogens (tertiary/aromatic N) is 4. The van der Waals surface area contributed by atoms with Gasteiger partial charge in [0.2, 0.25) is 10.0 Å². The van der Waals surface area contributed by atoms with Crippen LogP contribution in [0.15, 0.2) is 34.3 Å². The van der Waals surface area contributed by atoms with Gasteiger partial charge in [0.15, 0.2) is 11.0 Å². The first kappa shape index (κ1) is 21.8. The van der Waals surface area contributed by atoms with Gasteiger partial charge >= 0.3 is 5.97 Å². The summed E-state index contributed by atoms with van der Waals surface area (Å²) in [6.45, 7) is 5.36. The molecule has 0 radical (unpaired) electrons. The summed E-state index contributed by atoms with van der Waals surface area (Å²) in [5.74, 6) is 0.276. The van der Waals surface area contributed by atoms with E-state index >= 15 is 0 Å². The molecule has 1 fully saturated rings. The molecule has 158 valence electrons. The molecule has 29 heavy (non-hydrogen) atoms. The molecule has 1 atom stereocenters. The van der Waals surface area contributed by atoms with Crippen molar-refractivity contribution in [3.05, 3.63) is 24.3 Å². The fraction of sp³-hybridized carbons (Fsp3) is 0.500. The summed E-state index contributed by atoms with van der Waals surface area (Å²) in [6.07, 6.45) is 0. The van der Waals surface area contributed by atoms with Crippen LogP contribution in [0.3, 0.4) is 0 Å². The molecule has 0 amide bonds. The molecule has 1 aliphatic rings. The van der Waals surface area contributed by atoms with Crippen LogP contribution in [0.1, 0.15) is 13.8 Å². The molecule has 0 spiro atoms. The Hall–Kier alpha value is -1.95. The summed E-state index contributed by atoms with van der Waals surface area (Å²) >= 11 is 1.26.